The molecule has 0 spiro atoms. The minimum atomic E-state index is -1.07. The zero-order valence-corrected chi connectivity index (χ0v) is 13.6. The number of nitrogens with one attached hydrogen (secondary N) is 1. The summed E-state index contributed by atoms with van der Waals surface area (Å²) in [5.41, 5.74) is 7.22. The number of aromatic hydroxyl groups is 1. The molecule has 6 nitrogen and oxygen atoms in total. The zero-order chi connectivity index (χ0) is 18.4. The monoisotopic (exact) mass is 348 g/mol. The van der Waals surface area contributed by atoms with Crippen molar-refractivity contribution in [1.29, 1.82) is 0 Å². The van der Waals surface area contributed by atoms with Crippen molar-refractivity contribution in [3.8, 4) is 5.75 Å². The van der Waals surface area contributed by atoms with E-state index < -0.39 is 23.4 Å². The molecule has 0 heterocycles. The van der Waals surface area contributed by atoms with Crippen molar-refractivity contribution >= 4 is 22.9 Å². The van der Waals surface area contributed by atoms with E-state index in [-0.39, 0.29) is 28.3 Å². The molecule has 0 saturated heterocycles. The van der Waals surface area contributed by atoms with E-state index in [2.05, 4.69) is 5.32 Å². The Hall–Kier alpha value is -3.54. The standard InChI is InChI=1S/C20H16N2O4/c21-11-6-8-13(23)17-15(11)19(25)18-14(24)9-7-12(16(18)20(17)26)22-10-4-2-1-3-5-10/h1-9,15,17,22-24H,21H2/t15-,17+/m0/s1. The van der Waals surface area contributed by atoms with Gasteiger partial charge in [0.15, 0.2) is 11.6 Å². The third kappa shape index (κ3) is 2.27. The van der Waals surface area contributed by atoms with Crippen molar-refractivity contribution in [2.24, 2.45) is 17.6 Å². The van der Waals surface area contributed by atoms with Gasteiger partial charge in [-0.1, -0.05) is 18.2 Å². The summed E-state index contributed by atoms with van der Waals surface area (Å²) in [4.78, 5) is 26.1. The molecule has 0 amide bonds. The van der Waals surface area contributed by atoms with Crippen molar-refractivity contribution < 1.29 is 19.8 Å². The molecule has 0 radical (unpaired) electrons. The third-order valence-corrected chi connectivity index (χ3v) is 4.75. The van der Waals surface area contributed by atoms with Crippen LogP contribution in [0, 0.1) is 11.8 Å². The van der Waals surface area contributed by atoms with Crippen LogP contribution in [0.4, 0.5) is 11.4 Å². The first kappa shape index (κ1) is 16.0. The molecule has 5 N–H and O–H groups in total. The number of aliphatic hydroxyl groups is 1. The number of phenols is 1. The minimum absolute atomic E-state index is 0.0646. The fourth-order valence-electron chi connectivity index (χ4n) is 3.53. The summed E-state index contributed by atoms with van der Waals surface area (Å²) < 4.78 is 0. The number of aliphatic hydroxyl groups excluding tert-OH is 1. The van der Waals surface area contributed by atoms with Crippen LogP contribution >= 0.6 is 0 Å². The summed E-state index contributed by atoms with van der Waals surface area (Å²) in [5.74, 6) is -3.49. The van der Waals surface area contributed by atoms with Gasteiger partial charge in [-0.3, -0.25) is 9.59 Å². The lowest BCUT2D eigenvalue weighted by atomic mass is 9.69. The van der Waals surface area contributed by atoms with Crippen LogP contribution < -0.4 is 11.1 Å². The summed E-state index contributed by atoms with van der Waals surface area (Å²) in [5, 5.41) is 23.5. The first-order chi connectivity index (χ1) is 12.5. The fraction of sp³-hybridized carbons (Fsp3) is 0.100. The van der Waals surface area contributed by atoms with Gasteiger partial charge in [0.1, 0.15) is 11.5 Å². The third-order valence-electron chi connectivity index (χ3n) is 4.75. The van der Waals surface area contributed by atoms with Crippen molar-refractivity contribution in [2.75, 3.05) is 5.32 Å². The number of nitrogens with two attached hydrogens (primary N) is 1. The Bertz CT molecular complexity index is 992. The number of phenolic OH excluding ortho intramolecular Hbond substituents is 1. The number of benzene rings is 2. The Morgan fingerprint density at radius 2 is 1.54 bits per heavy atom. The number of hydrogen-bond donors (Lipinski definition) is 4. The van der Waals surface area contributed by atoms with Gasteiger partial charge in [-0.05, 0) is 36.4 Å². The van der Waals surface area contributed by atoms with Crippen LogP contribution in [0.15, 0.2) is 66.1 Å². The van der Waals surface area contributed by atoms with Gasteiger partial charge in [-0.2, -0.15) is 0 Å². The first-order valence-corrected chi connectivity index (χ1v) is 8.11. The number of carbonyl (C=O) groups excluding carboxylic acids is 2. The number of rotatable bonds is 2. The number of fused-ring (bicyclic) bond motifs is 2. The Morgan fingerprint density at radius 1 is 0.846 bits per heavy atom. The van der Waals surface area contributed by atoms with E-state index >= 15 is 0 Å². The molecule has 4 rings (SSSR count). The van der Waals surface area contributed by atoms with Crippen molar-refractivity contribution in [3.63, 3.8) is 0 Å². The van der Waals surface area contributed by atoms with E-state index in [4.69, 9.17) is 5.73 Å². The van der Waals surface area contributed by atoms with Gasteiger partial charge >= 0.3 is 0 Å². The zero-order valence-electron chi connectivity index (χ0n) is 13.6. The van der Waals surface area contributed by atoms with Gasteiger partial charge in [0.25, 0.3) is 0 Å². The molecule has 26 heavy (non-hydrogen) atoms. The highest BCUT2D eigenvalue weighted by atomic mass is 16.3. The molecule has 0 saturated carbocycles. The smallest absolute Gasteiger partial charge is 0.177 e. The molecule has 0 unspecified atom stereocenters. The average Bonchev–Trinajstić information content (AvgIpc) is 2.63. The summed E-state index contributed by atoms with van der Waals surface area (Å²) in [7, 11) is 0. The second-order valence-electron chi connectivity index (χ2n) is 6.32. The Morgan fingerprint density at radius 3 is 2.27 bits per heavy atom. The molecule has 0 aromatic heterocycles. The molecular formula is C20H16N2O4. The lowest BCUT2D eigenvalue weighted by Gasteiger charge is -2.33. The topological polar surface area (TPSA) is 113 Å². The number of allylic oxidation sites excluding steroid dienone is 4. The quantitative estimate of drug-likeness (QED) is 0.621. The number of carbonyl (C=O) groups is 2. The van der Waals surface area contributed by atoms with Crippen LogP contribution in [0.2, 0.25) is 0 Å². The fourth-order valence-corrected chi connectivity index (χ4v) is 3.53. The molecule has 0 aliphatic heterocycles. The Balaban J connectivity index is 1.90. The lowest BCUT2D eigenvalue weighted by molar-refractivity contribution is 0.0746. The highest BCUT2D eigenvalue weighted by Gasteiger charge is 2.48. The van der Waals surface area contributed by atoms with Crippen molar-refractivity contribution in [3.05, 3.63) is 77.2 Å². The van der Waals surface area contributed by atoms with Crippen LogP contribution in [-0.4, -0.2) is 21.8 Å². The highest BCUT2D eigenvalue weighted by molar-refractivity contribution is 6.21. The van der Waals surface area contributed by atoms with E-state index in [1.54, 1.807) is 0 Å². The van der Waals surface area contributed by atoms with E-state index in [0.29, 0.717) is 5.69 Å². The molecule has 2 aromatic rings. The van der Waals surface area contributed by atoms with Crippen molar-refractivity contribution in [1.82, 2.24) is 0 Å². The van der Waals surface area contributed by atoms with Gasteiger partial charge in [-0.25, -0.2) is 0 Å². The summed E-state index contributed by atoms with van der Waals surface area (Å²) >= 11 is 0. The predicted molar refractivity (Wildman–Crippen MR) is 96.5 cm³/mol. The number of Topliss-reactive ketones (excluding diaryl/α,β-unsaturated/α-hetero) is 2. The molecule has 2 aliphatic rings. The molecular weight excluding hydrogens is 332 g/mol. The summed E-state index contributed by atoms with van der Waals surface area (Å²) in [6.45, 7) is 0. The summed E-state index contributed by atoms with van der Waals surface area (Å²) in [6, 6.07) is 12.1. The predicted octanol–water partition coefficient (Wildman–Crippen LogP) is 3.05. The van der Waals surface area contributed by atoms with Crippen LogP contribution in [0.5, 0.6) is 5.75 Å². The van der Waals surface area contributed by atoms with Gasteiger partial charge in [-0.15, -0.1) is 0 Å². The molecule has 2 aromatic carbocycles. The van der Waals surface area contributed by atoms with Crippen LogP contribution in [-0.2, 0) is 0 Å². The second kappa shape index (κ2) is 5.77. The van der Waals surface area contributed by atoms with Crippen LogP contribution in [0.25, 0.3) is 0 Å². The number of para-hydroxylation sites is 1. The molecule has 0 bridgehead atoms. The maximum Gasteiger partial charge on any atom is 0.177 e. The second-order valence-corrected chi connectivity index (χ2v) is 6.32. The van der Waals surface area contributed by atoms with Gasteiger partial charge < -0.3 is 21.3 Å². The summed E-state index contributed by atoms with van der Waals surface area (Å²) in [6.07, 6.45) is 2.75. The minimum Gasteiger partial charge on any atom is -0.512 e. The van der Waals surface area contributed by atoms with E-state index in [0.717, 1.165) is 5.69 Å². The number of anilines is 2. The maximum absolute atomic E-state index is 13.1. The van der Waals surface area contributed by atoms with Gasteiger partial charge in [0.2, 0.25) is 0 Å². The Labute approximate surface area is 149 Å². The normalized spacial score (nSPS) is 21.4. The molecule has 0 fully saturated rings. The van der Waals surface area contributed by atoms with Crippen molar-refractivity contribution in [2.45, 2.75) is 0 Å². The Kier molecular flexibility index (Phi) is 3.54. The van der Waals surface area contributed by atoms with Crippen LogP contribution in [0.1, 0.15) is 20.7 Å². The average molecular weight is 348 g/mol. The van der Waals surface area contributed by atoms with Gasteiger partial charge in [0, 0.05) is 11.4 Å². The molecule has 2 atom stereocenters. The SMILES string of the molecule is NC1=CC=C(O)[C@H]2C(=O)c3c(Nc4ccccc4)ccc(O)c3C(=O)[C@@H]12. The first-order valence-electron chi connectivity index (χ1n) is 8.11. The van der Waals surface area contributed by atoms with Crippen LogP contribution in [0.3, 0.4) is 0 Å². The number of hydrogen-bond acceptors (Lipinski definition) is 6. The number of ketones is 2. The molecule has 2 aliphatic carbocycles. The highest BCUT2D eigenvalue weighted by Crippen LogP contribution is 2.44. The largest absolute Gasteiger partial charge is 0.512 e. The molecule has 6 heteroatoms. The van der Waals surface area contributed by atoms with E-state index in [1.807, 2.05) is 30.3 Å². The van der Waals surface area contributed by atoms with E-state index in [9.17, 15) is 19.8 Å². The van der Waals surface area contributed by atoms with E-state index in [1.165, 1.54) is 24.3 Å². The van der Waals surface area contributed by atoms with Gasteiger partial charge in [0.05, 0.1) is 28.7 Å². The lowest BCUT2D eigenvalue weighted by Crippen LogP contribution is -2.42. The maximum atomic E-state index is 13.1. The molecule has 130 valence electrons.